The van der Waals surface area contributed by atoms with Crippen LogP contribution in [-0.4, -0.2) is 18.4 Å². The van der Waals surface area contributed by atoms with Crippen LogP contribution in [0.1, 0.15) is 39.4 Å². The van der Waals surface area contributed by atoms with Crippen LogP contribution in [0.5, 0.6) is 0 Å². The van der Waals surface area contributed by atoms with Crippen LogP contribution in [0.2, 0.25) is 0 Å². The highest BCUT2D eigenvalue weighted by Crippen LogP contribution is 2.24. The number of hydrogen-bond acceptors (Lipinski definition) is 3. The molecule has 2 nitrogen and oxygen atoms in total. The normalized spacial score (nSPS) is 21.6. The number of piperidine rings is 1. The second-order valence-corrected chi connectivity index (χ2v) is 5.49. The number of carbonyl (C=O) groups is 1. The molecule has 2 heterocycles. The van der Waals surface area contributed by atoms with E-state index in [1.165, 1.54) is 17.7 Å². The maximum atomic E-state index is 12.2. The molecule has 2 rings (SSSR count). The van der Waals surface area contributed by atoms with Gasteiger partial charge in [-0.25, -0.2) is 0 Å². The van der Waals surface area contributed by atoms with Crippen molar-refractivity contribution in [3.63, 3.8) is 0 Å². The second-order valence-electron chi connectivity index (χ2n) is 4.24. The van der Waals surface area contributed by atoms with Crippen molar-refractivity contribution in [1.82, 2.24) is 5.32 Å². The van der Waals surface area contributed by atoms with Gasteiger partial charge in [0.1, 0.15) is 0 Å². The summed E-state index contributed by atoms with van der Waals surface area (Å²) in [6.45, 7) is 5.07. The number of hydrogen-bond donors (Lipinski definition) is 1. The summed E-state index contributed by atoms with van der Waals surface area (Å²) in [7, 11) is 0. The Morgan fingerprint density at radius 1 is 1.47 bits per heavy atom. The van der Waals surface area contributed by atoms with Gasteiger partial charge < -0.3 is 5.32 Å². The third-order valence-electron chi connectivity index (χ3n) is 2.89. The lowest BCUT2D eigenvalue weighted by atomic mass is 9.99. The van der Waals surface area contributed by atoms with Crippen molar-refractivity contribution in [1.29, 1.82) is 0 Å². The van der Waals surface area contributed by atoms with Crippen molar-refractivity contribution in [2.24, 2.45) is 0 Å². The molecule has 0 aliphatic carbocycles. The Labute approximate surface area is 94.7 Å². The molecule has 1 unspecified atom stereocenters. The summed E-state index contributed by atoms with van der Waals surface area (Å²) < 4.78 is 0. The van der Waals surface area contributed by atoms with Gasteiger partial charge in [-0.2, -0.15) is 0 Å². The molecular formula is C12H17NOS. The third-order valence-corrected chi connectivity index (χ3v) is 4.06. The minimum atomic E-state index is 0.0653. The molecule has 0 spiro atoms. The monoisotopic (exact) mass is 223 g/mol. The first kappa shape index (κ1) is 10.8. The van der Waals surface area contributed by atoms with Gasteiger partial charge in [0, 0.05) is 4.88 Å². The quantitative estimate of drug-likeness (QED) is 0.781. The first-order chi connectivity index (χ1) is 7.18. The van der Waals surface area contributed by atoms with Crippen LogP contribution in [0, 0.1) is 13.8 Å². The lowest BCUT2D eigenvalue weighted by molar-refractivity contribution is 0.0931. The van der Waals surface area contributed by atoms with Gasteiger partial charge in [-0.3, -0.25) is 4.79 Å². The van der Waals surface area contributed by atoms with E-state index in [2.05, 4.69) is 18.3 Å². The van der Waals surface area contributed by atoms with Crippen LogP contribution >= 0.6 is 11.3 Å². The zero-order chi connectivity index (χ0) is 10.8. The minimum absolute atomic E-state index is 0.0653. The molecule has 1 N–H and O–H groups in total. The first-order valence-corrected chi connectivity index (χ1v) is 6.35. The van der Waals surface area contributed by atoms with E-state index in [1.54, 1.807) is 11.3 Å². The first-order valence-electron chi connectivity index (χ1n) is 5.53. The number of carbonyl (C=O) groups excluding carboxylic acids is 1. The predicted octanol–water partition coefficient (Wildman–Crippen LogP) is 2.69. The number of ketones is 1. The summed E-state index contributed by atoms with van der Waals surface area (Å²) in [5, 5.41) is 3.31. The van der Waals surface area contributed by atoms with E-state index >= 15 is 0 Å². The molecule has 0 amide bonds. The molecule has 1 fully saturated rings. The van der Waals surface area contributed by atoms with E-state index in [-0.39, 0.29) is 6.04 Å². The Balaban J connectivity index is 2.16. The van der Waals surface area contributed by atoms with E-state index in [0.29, 0.717) is 5.78 Å². The van der Waals surface area contributed by atoms with Gasteiger partial charge in [0.2, 0.25) is 0 Å². The van der Waals surface area contributed by atoms with Gasteiger partial charge >= 0.3 is 0 Å². The van der Waals surface area contributed by atoms with Crippen molar-refractivity contribution in [2.75, 3.05) is 6.54 Å². The molecule has 0 bridgehead atoms. The van der Waals surface area contributed by atoms with Gasteiger partial charge in [-0.1, -0.05) is 6.42 Å². The largest absolute Gasteiger partial charge is 0.307 e. The van der Waals surface area contributed by atoms with Gasteiger partial charge in [-0.15, -0.1) is 11.3 Å². The third kappa shape index (κ3) is 2.29. The van der Waals surface area contributed by atoms with E-state index in [4.69, 9.17) is 0 Å². The van der Waals surface area contributed by atoms with Crippen molar-refractivity contribution >= 4 is 17.1 Å². The van der Waals surface area contributed by atoms with Crippen molar-refractivity contribution in [3.8, 4) is 0 Å². The predicted molar refractivity (Wildman–Crippen MR) is 63.8 cm³/mol. The van der Waals surface area contributed by atoms with Gasteiger partial charge in [0.15, 0.2) is 5.78 Å². The molecule has 82 valence electrons. The number of thiophene rings is 1. The molecule has 0 saturated carbocycles. The summed E-state index contributed by atoms with van der Waals surface area (Å²) in [5.74, 6) is 0.297. The average Bonchev–Trinajstić information content (AvgIpc) is 2.58. The van der Waals surface area contributed by atoms with Gasteiger partial charge in [-0.05, 0) is 44.9 Å². The highest BCUT2D eigenvalue weighted by Gasteiger charge is 2.24. The molecule has 0 aromatic carbocycles. The summed E-state index contributed by atoms with van der Waals surface area (Å²) in [6, 6.07) is 2.16. The fraction of sp³-hybridized carbons (Fsp3) is 0.583. The van der Waals surface area contributed by atoms with Crippen LogP contribution in [0.25, 0.3) is 0 Å². The smallest absolute Gasteiger partial charge is 0.189 e. The highest BCUT2D eigenvalue weighted by atomic mass is 32.1. The second kappa shape index (κ2) is 4.45. The zero-order valence-corrected chi connectivity index (χ0v) is 10.1. The fourth-order valence-corrected chi connectivity index (χ4v) is 3.14. The van der Waals surface area contributed by atoms with E-state index in [9.17, 15) is 4.79 Å². The van der Waals surface area contributed by atoms with Gasteiger partial charge in [0.05, 0.1) is 10.9 Å². The summed E-state index contributed by atoms with van der Waals surface area (Å²) >= 11 is 1.63. The van der Waals surface area contributed by atoms with Crippen LogP contribution in [0.3, 0.4) is 0 Å². The number of rotatable bonds is 2. The fourth-order valence-electron chi connectivity index (χ4n) is 2.12. The molecule has 1 aromatic rings. The molecule has 0 radical (unpaired) electrons. The Morgan fingerprint density at radius 2 is 2.27 bits per heavy atom. The van der Waals surface area contributed by atoms with Gasteiger partial charge in [0.25, 0.3) is 0 Å². The Morgan fingerprint density at radius 3 is 2.80 bits per heavy atom. The molecule has 1 atom stereocenters. The molecule has 1 aromatic heterocycles. The zero-order valence-electron chi connectivity index (χ0n) is 9.30. The van der Waals surface area contributed by atoms with Crippen LogP contribution in [0.4, 0.5) is 0 Å². The van der Waals surface area contributed by atoms with E-state index in [0.717, 1.165) is 23.4 Å². The van der Waals surface area contributed by atoms with Crippen molar-refractivity contribution in [2.45, 2.75) is 39.2 Å². The molecule has 1 aliphatic rings. The van der Waals surface area contributed by atoms with Crippen molar-refractivity contribution in [3.05, 3.63) is 21.4 Å². The SMILES string of the molecule is Cc1cc(C)c(C(=O)C2CCCCN2)s1. The highest BCUT2D eigenvalue weighted by molar-refractivity contribution is 7.14. The summed E-state index contributed by atoms with van der Waals surface area (Å²) in [4.78, 5) is 14.4. The number of Topliss-reactive ketones (excluding diaryl/α,β-unsaturated/α-hetero) is 1. The lowest BCUT2D eigenvalue weighted by Crippen LogP contribution is -2.40. The van der Waals surface area contributed by atoms with Crippen LogP contribution in [0.15, 0.2) is 6.07 Å². The number of aryl methyl sites for hydroxylation is 2. The molecule has 1 aliphatic heterocycles. The Kier molecular flexibility index (Phi) is 3.22. The average molecular weight is 223 g/mol. The number of nitrogens with one attached hydrogen (secondary N) is 1. The molecule has 1 saturated heterocycles. The Hall–Kier alpha value is -0.670. The summed E-state index contributed by atoms with van der Waals surface area (Å²) in [5.41, 5.74) is 1.13. The molecule has 3 heteroatoms. The topological polar surface area (TPSA) is 29.1 Å². The van der Waals surface area contributed by atoms with Crippen LogP contribution in [-0.2, 0) is 0 Å². The molecule has 15 heavy (non-hydrogen) atoms. The van der Waals surface area contributed by atoms with Crippen LogP contribution < -0.4 is 5.32 Å². The maximum Gasteiger partial charge on any atom is 0.189 e. The molecular weight excluding hydrogens is 206 g/mol. The van der Waals surface area contributed by atoms with E-state index in [1.807, 2.05) is 6.92 Å². The van der Waals surface area contributed by atoms with Crippen molar-refractivity contribution < 1.29 is 4.79 Å². The standard InChI is InChI=1S/C12H17NOS/c1-8-7-9(2)15-12(8)11(14)10-5-3-4-6-13-10/h7,10,13H,3-6H2,1-2H3. The summed E-state index contributed by atoms with van der Waals surface area (Å²) in [6.07, 6.45) is 3.37. The maximum absolute atomic E-state index is 12.2. The lowest BCUT2D eigenvalue weighted by Gasteiger charge is -2.21. The minimum Gasteiger partial charge on any atom is -0.307 e. The Bertz CT molecular complexity index is 364. The van der Waals surface area contributed by atoms with E-state index < -0.39 is 0 Å².